The van der Waals surface area contributed by atoms with Crippen LogP contribution in [0, 0.1) is 5.82 Å². The van der Waals surface area contributed by atoms with Gasteiger partial charge in [0, 0.05) is 29.6 Å². The van der Waals surface area contributed by atoms with E-state index in [1.807, 2.05) is 6.20 Å². The lowest BCUT2D eigenvalue weighted by Crippen LogP contribution is -2.39. The van der Waals surface area contributed by atoms with Crippen LogP contribution in [0.5, 0.6) is 0 Å². The topological polar surface area (TPSA) is 96.7 Å². The Kier molecular flexibility index (Phi) is 4.12. The fraction of sp³-hybridized carbons (Fsp3) is 0.304. The first-order valence-electron chi connectivity index (χ1n) is 10.5. The lowest BCUT2D eigenvalue weighted by molar-refractivity contribution is 0.0935. The van der Waals surface area contributed by atoms with Crippen molar-refractivity contribution in [3.05, 3.63) is 64.9 Å². The summed E-state index contributed by atoms with van der Waals surface area (Å²) in [7, 11) is 0. The van der Waals surface area contributed by atoms with E-state index < -0.39 is 5.82 Å². The van der Waals surface area contributed by atoms with E-state index in [2.05, 4.69) is 25.7 Å². The van der Waals surface area contributed by atoms with Gasteiger partial charge in [-0.3, -0.25) is 9.89 Å². The second kappa shape index (κ2) is 7.01. The van der Waals surface area contributed by atoms with Crippen LogP contribution in [0.1, 0.15) is 52.5 Å². The molecule has 1 amide bonds. The Balaban J connectivity index is 1.41. The second-order valence-corrected chi connectivity index (χ2v) is 8.34. The minimum Gasteiger partial charge on any atom is -0.349 e. The number of carbonyl (C=O) groups excluding carboxylic acids is 1. The molecule has 3 aromatic heterocycles. The number of H-pyrrole nitrogens is 1. The van der Waals surface area contributed by atoms with Crippen LogP contribution in [0.3, 0.4) is 0 Å². The Hall–Kier alpha value is -3.55. The highest BCUT2D eigenvalue weighted by molar-refractivity contribution is 6.07. The quantitative estimate of drug-likeness (QED) is 0.525. The predicted molar refractivity (Wildman–Crippen MR) is 111 cm³/mol. The number of halogens is 1. The highest BCUT2D eigenvalue weighted by Gasteiger charge is 2.33. The van der Waals surface area contributed by atoms with Crippen molar-refractivity contribution in [2.75, 3.05) is 0 Å². The molecule has 8 heteroatoms. The SMILES string of the molecule is O=C(NC1CCc2cn[nH]c2C1)c1cc(-c2ccccc2F)nc2onc(C3CC3)c12. The molecule has 31 heavy (non-hydrogen) atoms. The highest BCUT2D eigenvalue weighted by Crippen LogP contribution is 2.43. The van der Waals surface area contributed by atoms with Gasteiger partial charge in [-0.25, -0.2) is 9.37 Å². The van der Waals surface area contributed by atoms with Gasteiger partial charge < -0.3 is 9.84 Å². The van der Waals surface area contributed by atoms with Gasteiger partial charge in [-0.2, -0.15) is 5.10 Å². The Labute approximate surface area is 177 Å². The maximum absolute atomic E-state index is 14.4. The zero-order valence-electron chi connectivity index (χ0n) is 16.7. The number of amides is 1. The number of benzene rings is 1. The number of aromatic amines is 1. The number of hydrogen-bond acceptors (Lipinski definition) is 5. The summed E-state index contributed by atoms with van der Waals surface area (Å²) in [6.07, 6.45) is 6.29. The van der Waals surface area contributed by atoms with E-state index in [9.17, 15) is 9.18 Å². The molecule has 0 bridgehead atoms. The van der Waals surface area contributed by atoms with E-state index in [1.165, 1.54) is 11.6 Å². The van der Waals surface area contributed by atoms with Crippen LogP contribution in [0.25, 0.3) is 22.4 Å². The van der Waals surface area contributed by atoms with Crippen LogP contribution < -0.4 is 5.32 Å². The van der Waals surface area contributed by atoms with Gasteiger partial charge in [0.1, 0.15) is 5.82 Å². The molecule has 3 heterocycles. The molecule has 7 nitrogen and oxygen atoms in total. The van der Waals surface area contributed by atoms with Gasteiger partial charge in [-0.15, -0.1) is 0 Å². The molecular weight excluding hydrogens is 397 g/mol. The molecule has 156 valence electrons. The van der Waals surface area contributed by atoms with Crippen LogP contribution in [0.2, 0.25) is 0 Å². The maximum atomic E-state index is 14.4. The molecule has 2 aliphatic rings. The molecule has 0 aliphatic heterocycles. The van der Waals surface area contributed by atoms with E-state index in [0.717, 1.165) is 37.1 Å². The van der Waals surface area contributed by atoms with Gasteiger partial charge in [-0.1, -0.05) is 17.3 Å². The summed E-state index contributed by atoms with van der Waals surface area (Å²) >= 11 is 0. The van der Waals surface area contributed by atoms with Crippen molar-refractivity contribution in [1.82, 2.24) is 25.7 Å². The molecule has 6 rings (SSSR count). The Bertz CT molecular complexity index is 1310. The third-order valence-electron chi connectivity index (χ3n) is 6.19. The van der Waals surface area contributed by atoms with Gasteiger partial charge in [-0.05, 0) is 49.4 Å². The van der Waals surface area contributed by atoms with Crippen LogP contribution in [0.4, 0.5) is 4.39 Å². The number of nitrogens with zero attached hydrogens (tertiary/aromatic N) is 3. The van der Waals surface area contributed by atoms with Gasteiger partial charge in [0.25, 0.3) is 11.6 Å². The number of hydrogen-bond donors (Lipinski definition) is 2. The molecule has 1 unspecified atom stereocenters. The van der Waals surface area contributed by atoms with Gasteiger partial charge in [0.15, 0.2) is 0 Å². The number of aryl methyl sites for hydroxylation is 1. The minimum atomic E-state index is -0.401. The molecule has 1 fully saturated rings. The number of aromatic nitrogens is 4. The number of nitrogens with one attached hydrogen (secondary N) is 2. The van der Waals surface area contributed by atoms with Gasteiger partial charge in [0.05, 0.1) is 28.5 Å². The van der Waals surface area contributed by atoms with Crippen molar-refractivity contribution >= 4 is 17.0 Å². The first-order chi connectivity index (χ1) is 15.2. The van der Waals surface area contributed by atoms with Gasteiger partial charge in [0.2, 0.25) is 0 Å². The van der Waals surface area contributed by atoms with E-state index in [4.69, 9.17) is 4.52 Å². The number of fused-ring (bicyclic) bond motifs is 2. The normalized spacial score (nSPS) is 18.2. The van der Waals surface area contributed by atoms with Crippen molar-refractivity contribution in [3.63, 3.8) is 0 Å². The number of pyridine rings is 1. The fourth-order valence-electron chi connectivity index (χ4n) is 4.39. The molecule has 4 aromatic rings. The summed E-state index contributed by atoms with van der Waals surface area (Å²) in [6.45, 7) is 0. The molecule has 0 spiro atoms. The lowest BCUT2D eigenvalue weighted by Gasteiger charge is -2.23. The summed E-state index contributed by atoms with van der Waals surface area (Å²) < 4.78 is 19.9. The Morgan fingerprint density at radius 3 is 2.94 bits per heavy atom. The number of rotatable bonds is 4. The van der Waals surface area contributed by atoms with Crippen LogP contribution in [-0.2, 0) is 12.8 Å². The molecule has 1 atom stereocenters. The zero-order valence-corrected chi connectivity index (χ0v) is 16.7. The van der Waals surface area contributed by atoms with Gasteiger partial charge >= 0.3 is 0 Å². The van der Waals surface area contributed by atoms with Crippen molar-refractivity contribution in [2.24, 2.45) is 0 Å². The minimum absolute atomic E-state index is 0.00943. The summed E-state index contributed by atoms with van der Waals surface area (Å²) in [5, 5.41) is 15.1. The molecule has 2 aliphatic carbocycles. The number of carbonyl (C=O) groups is 1. The monoisotopic (exact) mass is 417 g/mol. The van der Waals surface area contributed by atoms with E-state index in [-0.39, 0.29) is 23.6 Å². The predicted octanol–water partition coefficient (Wildman–Crippen LogP) is 3.92. The summed E-state index contributed by atoms with van der Waals surface area (Å²) in [4.78, 5) is 17.9. The standard InChI is InChI=1S/C23H20FN5O2/c24-17-4-2-1-3-15(17)19-10-16(20-21(12-5-6-12)29-31-23(20)27-19)22(30)26-14-8-7-13-11-25-28-18(13)9-14/h1-4,10-12,14H,5-9H2,(H,25,28)(H,26,30). The maximum Gasteiger partial charge on any atom is 0.259 e. The molecule has 1 saturated carbocycles. The highest BCUT2D eigenvalue weighted by atomic mass is 19.1. The first kappa shape index (κ1) is 18.2. The van der Waals surface area contributed by atoms with Crippen molar-refractivity contribution in [3.8, 4) is 11.3 Å². The Morgan fingerprint density at radius 2 is 2.10 bits per heavy atom. The third-order valence-corrected chi connectivity index (χ3v) is 6.19. The summed E-state index contributed by atoms with van der Waals surface area (Å²) in [5.74, 6) is -0.333. The van der Waals surface area contributed by atoms with Crippen molar-refractivity contribution < 1.29 is 13.7 Å². The first-order valence-corrected chi connectivity index (χ1v) is 10.5. The van der Waals surface area contributed by atoms with Crippen LogP contribution in [0.15, 0.2) is 41.1 Å². The van der Waals surface area contributed by atoms with Crippen molar-refractivity contribution in [1.29, 1.82) is 0 Å². The molecular formula is C23H20FN5O2. The lowest BCUT2D eigenvalue weighted by atomic mass is 9.93. The summed E-state index contributed by atoms with van der Waals surface area (Å²) in [5.41, 5.74) is 4.42. The smallest absolute Gasteiger partial charge is 0.259 e. The second-order valence-electron chi connectivity index (χ2n) is 8.34. The van der Waals surface area contributed by atoms with E-state index in [1.54, 1.807) is 24.3 Å². The van der Waals surface area contributed by atoms with E-state index >= 15 is 0 Å². The largest absolute Gasteiger partial charge is 0.349 e. The Morgan fingerprint density at radius 1 is 1.23 bits per heavy atom. The summed E-state index contributed by atoms with van der Waals surface area (Å²) in [6, 6.07) is 8.03. The molecule has 0 saturated heterocycles. The van der Waals surface area contributed by atoms with Crippen LogP contribution in [-0.4, -0.2) is 32.3 Å². The van der Waals surface area contributed by atoms with E-state index in [0.29, 0.717) is 28.6 Å². The third kappa shape index (κ3) is 3.19. The molecule has 1 aromatic carbocycles. The van der Waals surface area contributed by atoms with Crippen LogP contribution >= 0.6 is 0 Å². The average Bonchev–Trinajstić information content (AvgIpc) is 3.36. The zero-order chi connectivity index (χ0) is 20.9. The molecule has 2 N–H and O–H groups in total. The average molecular weight is 417 g/mol. The van der Waals surface area contributed by atoms with Crippen molar-refractivity contribution in [2.45, 2.75) is 44.1 Å². The fourth-order valence-corrected chi connectivity index (χ4v) is 4.39. The molecule has 0 radical (unpaired) electrons.